The maximum Gasteiger partial charge on any atom is 0.139 e. The number of rotatable bonds is 3. The number of hydrogen-bond donors (Lipinski definition) is 1. The van der Waals surface area contributed by atoms with Crippen molar-refractivity contribution in [3.05, 3.63) is 48.5 Å². The predicted octanol–water partition coefficient (Wildman–Crippen LogP) is 2.57. The fraction of sp³-hybridized carbons (Fsp3) is 0.0769. The minimum absolute atomic E-state index is 0.0932. The van der Waals surface area contributed by atoms with E-state index in [4.69, 9.17) is 4.74 Å². The van der Waals surface area contributed by atoms with Gasteiger partial charge in [-0.2, -0.15) is 0 Å². The first-order valence-electron chi connectivity index (χ1n) is 5.06. The fourth-order valence-corrected chi connectivity index (χ4v) is 2.66. The van der Waals surface area contributed by atoms with Crippen molar-refractivity contribution in [2.24, 2.45) is 0 Å². The van der Waals surface area contributed by atoms with Crippen molar-refractivity contribution >= 4 is 10.8 Å². The molecule has 0 radical (unpaired) electrons. The lowest BCUT2D eigenvalue weighted by Crippen LogP contribution is -1.96. The minimum Gasteiger partial charge on any atom is -0.508 e. The van der Waals surface area contributed by atoms with Gasteiger partial charge in [0, 0.05) is 11.0 Å². The summed E-state index contributed by atoms with van der Waals surface area (Å²) in [5.74, 6) is 0.517. The van der Waals surface area contributed by atoms with Crippen LogP contribution in [0.5, 0.6) is 11.5 Å². The summed E-state index contributed by atoms with van der Waals surface area (Å²) in [6.07, 6.45) is 0. The molecule has 1 unspecified atom stereocenters. The van der Waals surface area contributed by atoms with E-state index in [1.807, 2.05) is 18.2 Å². The molecule has 0 heterocycles. The highest BCUT2D eigenvalue weighted by Gasteiger charge is 2.12. The number of hydrogen-bond acceptors (Lipinski definition) is 3. The molecule has 2 rings (SSSR count). The molecule has 4 heteroatoms. The van der Waals surface area contributed by atoms with Crippen LogP contribution in [0.3, 0.4) is 0 Å². The summed E-state index contributed by atoms with van der Waals surface area (Å²) in [6, 6.07) is 13.7. The third kappa shape index (κ3) is 2.47. The summed E-state index contributed by atoms with van der Waals surface area (Å²) >= 11 is 0. The molecule has 88 valence electrons. The van der Waals surface area contributed by atoms with E-state index >= 15 is 0 Å². The van der Waals surface area contributed by atoms with Crippen molar-refractivity contribution in [2.45, 2.75) is 9.79 Å². The molecule has 0 saturated carbocycles. The van der Waals surface area contributed by atoms with Crippen molar-refractivity contribution in [3.63, 3.8) is 0 Å². The van der Waals surface area contributed by atoms with Crippen LogP contribution >= 0.6 is 0 Å². The van der Waals surface area contributed by atoms with E-state index in [1.165, 1.54) is 19.2 Å². The third-order valence-corrected chi connectivity index (χ3v) is 3.74. The maximum absolute atomic E-state index is 12.3. The Bertz CT molecular complexity index is 538. The number of methoxy groups -OCH3 is 1. The van der Waals surface area contributed by atoms with E-state index in [0.29, 0.717) is 15.5 Å². The second-order valence-electron chi connectivity index (χ2n) is 3.42. The van der Waals surface area contributed by atoms with Gasteiger partial charge in [-0.05, 0) is 24.3 Å². The van der Waals surface area contributed by atoms with Gasteiger partial charge < -0.3 is 9.84 Å². The average Bonchev–Trinajstić information content (AvgIpc) is 2.39. The lowest BCUT2D eigenvalue weighted by Gasteiger charge is -2.08. The summed E-state index contributed by atoms with van der Waals surface area (Å²) in [7, 11) is 0.184. The summed E-state index contributed by atoms with van der Waals surface area (Å²) in [5.41, 5.74) is 0. The number of aromatic hydroxyl groups is 1. The minimum atomic E-state index is -1.30. The van der Waals surface area contributed by atoms with Crippen molar-refractivity contribution < 1.29 is 14.1 Å². The average molecular weight is 248 g/mol. The first-order chi connectivity index (χ1) is 8.22. The molecule has 0 saturated heterocycles. The second-order valence-corrected chi connectivity index (χ2v) is 4.87. The lowest BCUT2D eigenvalue weighted by molar-refractivity contribution is 0.397. The summed E-state index contributed by atoms with van der Waals surface area (Å²) in [4.78, 5) is 1.26. The van der Waals surface area contributed by atoms with Gasteiger partial charge in [0.25, 0.3) is 0 Å². The number of benzene rings is 2. The van der Waals surface area contributed by atoms with Gasteiger partial charge in [0.1, 0.15) is 11.5 Å². The van der Waals surface area contributed by atoms with Gasteiger partial charge in [0.05, 0.1) is 22.8 Å². The third-order valence-electron chi connectivity index (χ3n) is 2.30. The molecular weight excluding hydrogens is 236 g/mol. The summed E-state index contributed by atoms with van der Waals surface area (Å²) in [5, 5.41) is 9.34. The van der Waals surface area contributed by atoms with Gasteiger partial charge in [-0.3, -0.25) is 0 Å². The zero-order valence-corrected chi connectivity index (χ0v) is 10.1. The number of ether oxygens (including phenoxy) is 1. The Balaban J connectivity index is 2.44. The molecule has 1 N–H and O–H groups in total. The first kappa shape index (κ1) is 11.7. The van der Waals surface area contributed by atoms with E-state index in [0.717, 1.165) is 0 Å². The van der Waals surface area contributed by atoms with Gasteiger partial charge in [0.15, 0.2) is 0 Å². The standard InChI is InChI=1S/C13H12O3S/c1-16-12-9-10(14)7-8-13(12)17(15)11-5-3-2-4-6-11/h2-9,14H,1H3. The van der Waals surface area contributed by atoms with Crippen LogP contribution in [-0.2, 0) is 10.8 Å². The van der Waals surface area contributed by atoms with Crippen molar-refractivity contribution in [3.8, 4) is 11.5 Å². The molecule has 0 aromatic heterocycles. The van der Waals surface area contributed by atoms with E-state index in [-0.39, 0.29) is 5.75 Å². The molecule has 17 heavy (non-hydrogen) atoms. The molecule has 0 amide bonds. The van der Waals surface area contributed by atoms with E-state index in [9.17, 15) is 9.32 Å². The monoisotopic (exact) mass is 248 g/mol. The highest BCUT2D eigenvalue weighted by Crippen LogP contribution is 2.29. The van der Waals surface area contributed by atoms with Gasteiger partial charge in [-0.1, -0.05) is 18.2 Å². The fourth-order valence-electron chi connectivity index (χ4n) is 1.48. The Hall–Kier alpha value is -1.81. The Morgan fingerprint density at radius 2 is 1.82 bits per heavy atom. The van der Waals surface area contributed by atoms with Crippen LogP contribution < -0.4 is 4.74 Å². The molecule has 0 aliphatic heterocycles. The SMILES string of the molecule is COc1cc(O)ccc1S(=O)c1ccccc1. The van der Waals surface area contributed by atoms with Crippen molar-refractivity contribution in [1.29, 1.82) is 0 Å². The highest BCUT2D eigenvalue weighted by molar-refractivity contribution is 7.85. The van der Waals surface area contributed by atoms with Crippen molar-refractivity contribution in [2.75, 3.05) is 7.11 Å². The van der Waals surface area contributed by atoms with Gasteiger partial charge in [0.2, 0.25) is 0 Å². The molecular formula is C13H12O3S. The van der Waals surface area contributed by atoms with E-state index in [1.54, 1.807) is 18.2 Å². The topological polar surface area (TPSA) is 46.5 Å². The predicted molar refractivity (Wildman–Crippen MR) is 65.8 cm³/mol. The highest BCUT2D eigenvalue weighted by atomic mass is 32.2. The van der Waals surface area contributed by atoms with Gasteiger partial charge >= 0.3 is 0 Å². The molecule has 3 nitrogen and oxygen atoms in total. The molecule has 1 atom stereocenters. The molecule has 0 aliphatic rings. The quantitative estimate of drug-likeness (QED) is 0.908. The normalized spacial score (nSPS) is 12.1. The van der Waals surface area contributed by atoms with Crippen LogP contribution in [0.1, 0.15) is 0 Å². The number of phenols is 1. The Morgan fingerprint density at radius 1 is 1.12 bits per heavy atom. The maximum atomic E-state index is 12.3. The summed E-state index contributed by atoms with van der Waals surface area (Å²) < 4.78 is 17.4. The molecule has 0 bridgehead atoms. The molecule has 2 aromatic carbocycles. The van der Waals surface area contributed by atoms with Gasteiger partial charge in [-0.15, -0.1) is 0 Å². The largest absolute Gasteiger partial charge is 0.508 e. The summed E-state index contributed by atoms with van der Waals surface area (Å²) in [6.45, 7) is 0. The molecule has 0 fully saturated rings. The second kappa shape index (κ2) is 5.01. The Kier molecular flexibility index (Phi) is 3.44. The number of phenolic OH excluding ortho intramolecular Hbond substituents is 1. The molecule has 0 spiro atoms. The van der Waals surface area contributed by atoms with Crippen LogP contribution in [0.15, 0.2) is 58.3 Å². The lowest BCUT2D eigenvalue weighted by atomic mass is 10.3. The van der Waals surface area contributed by atoms with E-state index in [2.05, 4.69) is 0 Å². The van der Waals surface area contributed by atoms with Gasteiger partial charge in [-0.25, -0.2) is 4.21 Å². The van der Waals surface area contributed by atoms with E-state index < -0.39 is 10.8 Å². The van der Waals surface area contributed by atoms with Crippen molar-refractivity contribution in [1.82, 2.24) is 0 Å². The molecule has 0 aliphatic carbocycles. The van der Waals surface area contributed by atoms with Crippen LogP contribution in [0.2, 0.25) is 0 Å². The zero-order valence-electron chi connectivity index (χ0n) is 9.29. The van der Waals surface area contributed by atoms with Crippen LogP contribution in [0.25, 0.3) is 0 Å². The zero-order chi connectivity index (χ0) is 12.3. The smallest absolute Gasteiger partial charge is 0.139 e. The van der Waals surface area contributed by atoms with Crippen LogP contribution in [-0.4, -0.2) is 16.4 Å². The Morgan fingerprint density at radius 3 is 2.47 bits per heavy atom. The Labute approximate surface area is 102 Å². The first-order valence-corrected chi connectivity index (χ1v) is 6.21. The van der Waals surface area contributed by atoms with Crippen LogP contribution in [0, 0.1) is 0 Å². The molecule has 2 aromatic rings. The van der Waals surface area contributed by atoms with Crippen LogP contribution in [0.4, 0.5) is 0 Å².